The smallest absolute Gasteiger partial charge is 0.254 e. The standard InChI is InChI=1S/C22H25BrN2O3/c1-15-6-3-10-20(16(15)2)24-21(26)14-25(13-19-9-5-11-28-19)22(27)17-7-4-8-18(23)12-17/h3-4,6-8,10,12,19H,5,9,11,13-14H2,1-2H3,(H,24,26)/t19-/m1/s1. The summed E-state index contributed by atoms with van der Waals surface area (Å²) in [5.74, 6) is -0.386. The number of hydrogen-bond acceptors (Lipinski definition) is 3. The molecule has 1 heterocycles. The Morgan fingerprint density at radius 1 is 1.21 bits per heavy atom. The summed E-state index contributed by atoms with van der Waals surface area (Å²) < 4.78 is 6.52. The predicted molar refractivity (Wildman–Crippen MR) is 114 cm³/mol. The number of carbonyl (C=O) groups is 2. The van der Waals surface area contributed by atoms with Crippen LogP contribution >= 0.6 is 15.9 Å². The molecular weight excluding hydrogens is 420 g/mol. The summed E-state index contributed by atoms with van der Waals surface area (Å²) in [5, 5.41) is 2.94. The third-order valence-electron chi connectivity index (χ3n) is 5.02. The van der Waals surface area contributed by atoms with Crippen LogP contribution in [-0.4, -0.2) is 42.5 Å². The van der Waals surface area contributed by atoms with Crippen LogP contribution in [-0.2, 0) is 9.53 Å². The van der Waals surface area contributed by atoms with Crippen LogP contribution in [0.25, 0.3) is 0 Å². The fourth-order valence-corrected chi connectivity index (χ4v) is 3.71. The van der Waals surface area contributed by atoms with E-state index in [0.29, 0.717) is 18.7 Å². The van der Waals surface area contributed by atoms with Gasteiger partial charge in [-0.2, -0.15) is 0 Å². The first-order valence-electron chi connectivity index (χ1n) is 9.46. The zero-order chi connectivity index (χ0) is 20.1. The Morgan fingerprint density at radius 3 is 2.71 bits per heavy atom. The van der Waals surface area contributed by atoms with Crippen LogP contribution in [0.15, 0.2) is 46.9 Å². The molecule has 6 heteroatoms. The lowest BCUT2D eigenvalue weighted by atomic mass is 10.1. The van der Waals surface area contributed by atoms with Crippen molar-refractivity contribution >= 4 is 33.4 Å². The molecular formula is C22H25BrN2O3. The third-order valence-corrected chi connectivity index (χ3v) is 5.51. The van der Waals surface area contributed by atoms with Gasteiger partial charge in [0.2, 0.25) is 5.91 Å². The van der Waals surface area contributed by atoms with Gasteiger partial charge in [-0.15, -0.1) is 0 Å². The van der Waals surface area contributed by atoms with E-state index in [4.69, 9.17) is 4.74 Å². The Kier molecular flexibility index (Phi) is 6.86. The highest BCUT2D eigenvalue weighted by atomic mass is 79.9. The quantitative estimate of drug-likeness (QED) is 0.721. The number of anilines is 1. The molecule has 1 fully saturated rings. The zero-order valence-corrected chi connectivity index (χ0v) is 17.8. The van der Waals surface area contributed by atoms with E-state index in [0.717, 1.165) is 34.1 Å². The molecule has 0 radical (unpaired) electrons. The van der Waals surface area contributed by atoms with Crippen molar-refractivity contribution in [2.24, 2.45) is 0 Å². The van der Waals surface area contributed by atoms with E-state index in [9.17, 15) is 9.59 Å². The van der Waals surface area contributed by atoms with E-state index in [2.05, 4.69) is 21.2 Å². The van der Waals surface area contributed by atoms with Crippen molar-refractivity contribution in [1.29, 1.82) is 0 Å². The van der Waals surface area contributed by atoms with E-state index in [1.54, 1.807) is 17.0 Å². The van der Waals surface area contributed by atoms with Gasteiger partial charge in [0.1, 0.15) is 6.54 Å². The molecule has 28 heavy (non-hydrogen) atoms. The molecule has 2 aromatic carbocycles. The van der Waals surface area contributed by atoms with E-state index in [-0.39, 0.29) is 24.5 Å². The van der Waals surface area contributed by atoms with Crippen LogP contribution in [0.5, 0.6) is 0 Å². The molecule has 0 saturated carbocycles. The molecule has 0 aliphatic carbocycles. The van der Waals surface area contributed by atoms with Gasteiger partial charge in [0.15, 0.2) is 0 Å². The fraction of sp³-hybridized carbons (Fsp3) is 0.364. The lowest BCUT2D eigenvalue weighted by Crippen LogP contribution is -2.42. The Hall–Kier alpha value is -2.18. The van der Waals surface area contributed by atoms with E-state index in [1.807, 2.05) is 44.2 Å². The van der Waals surface area contributed by atoms with Crippen molar-refractivity contribution in [3.63, 3.8) is 0 Å². The summed E-state index contributed by atoms with van der Waals surface area (Å²) in [6.45, 7) is 5.08. The lowest BCUT2D eigenvalue weighted by molar-refractivity contribution is -0.117. The second-order valence-corrected chi connectivity index (χ2v) is 8.04. The molecule has 3 rings (SSSR count). The Labute approximate surface area is 174 Å². The summed E-state index contributed by atoms with van der Waals surface area (Å²) >= 11 is 3.40. The van der Waals surface area contributed by atoms with Gasteiger partial charge in [0.05, 0.1) is 6.10 Å². The first kappa shape index (κ1) is 20.6. The summed E-state index contributed by atoms with van der Waals surface area (Å²) in [4.78, 5) is 27.4. The number of hydrogen-bond donors (Lipinski definition) is 1. The normalized spacial score (nSPS) is 16.0. The lowest BCUT2D eigenvalue weighted by Gasteiger charge is -2.25. The van der Waals surface area contributed by atoms with Crippen molar-refractivity contribution < 1.29 is 14.3 Å². The minimum Gasteiger partial charge on any atom is -0.376 e. The summed E-state index contributed by atoms with van der Waals surface area (Å²) in [6.07, 6.45) is 1.86. The minimum atomic E-state index is -0.213. The molecule has 0 aromatic heterocycles. The molecule has 1 aliphatic heterocycles. The number of nitrogens with one attached hydrogen (secondary N) is 1. The highest BCUT2D eigenvalue weighted by molar-refractivity contribution is 9.10. The summed E-state index contributed by atoms with van der Waals surface area (Å²) in [5.41, 5.74) is 3.46. The molecule has 1 N–H and O–H groups in total. The molecule has 1 saturated heterocycles. The van der Waals surface area contributed by atoms with Gasteiger partial charge >= 0.3 is 0 Å². The number of rotatable bonds is 6. The first-order chi connectivity index (χ1) is 13.4. The summed E-state index contributed by atoms with van der Waals surface area (Å²) in [7, 11) is 0. The zero-order valence-electron chi connectivity index (χ0n) is 16.2. The molecule has 0 spiro atoms. The maximum absolute atomic E-state index is 13.1. The van der Waals surface area contributed by atoms with Crippen LogP contribution in [0.2, 0.25) is 0 Å². The Bertz CT molecular complexity index is 863. The van der Waals surface area contributed by atoms with Gasteiger partial charge in [0, 0.05) is 28.9 Å². The van der Waals surface area contributed by atoms with E-state index in [1.165, 1.54) is 0 Å². The van der Waals surface area contributed by atoms with Crippen molar-refractivity contribution in [3.05, 3.63) is 63.6 Å². The molecule has 2 aromatic rings. The van der Waals surface area contributed by atoms with Gasteiger partial charge in [0.25, 0.3) is 5.91 Å². The van der Waals surface area contributed by atoms with Crippen LogP contribution in [0, 0.1) is 13.8 Å². The highest BCUT2D eigenvalue weighted by Crippen LogP contribution is 2.20. The molecule has 1 atom stereocenters. The number of halogens is 1. The van der Waals surface area contributed by atoms with Crippen molar-refractivity contribution in [1.82, 2.24) is 4.90 Å². The molecule has 2 amide bonds. The molecule has 0 unspecified atom stereocenters. The Balaban J connectivity index is 1.75. The van der Waals surface area contributed by atoms with E-state index >= 15 is 0 Å². The molecule has 148 valence electrons. The van der Waals surface area contributed by atoms with Crippen LogP contribution in [0.4, 0.5) is 5.69 Å². The maximum atomic E-state index is 13.1. The SMILES string of the molecule is Cc1cccc(NC(=O)CN(C[C@H]2CCCO2)C(=O)c2cccc(Br)c2)c1C. The van der Waals surface area contributed by atoms with Crippen molar-refractivity contribution in [3.8, 4) is 0 Å². The van der Waals surface area contributed by atoms with Crippen LogP contribution < -0.4 is 5.32 Å². The van der Waals surface area contributed by atoms with Crippen molar-refractivity contribution in [2.75, 3.05) is 25.0 Å². The topological polar surface area (TPSA) is 58.6 Å². The number of ether oxygens (including phenoxy) is 1. The average Bonchev–Trinajstić information content (AvgIpc) is 3.17. The molecule has 5 nitrogen and oxygen atoms in total. The van der Waals surface area contributed by atoms with Gasteiger partial charge < -0.3 is 15.0 Å². The number of nitrogens with zero attached hydrogens (tertiary/aromatic N) is 1. The van der Waals surface area contributed by atoms with Gasteiger partial charge in [-0.3, -0.25) is 9.59 Å². The maximum Gasteiger partial charge on any atom is 0.254 e. The monoisotopic (exact) mass is 444 g/mol. The van der Waals surface area contributed by atoms with Gasteiger partial charge in [-0.1, -0.05) is 34.1 Å². The third kappa shape index (κ3) is 5.20. The van der Waals surface area contributed by atoms with E-state index < -0.39 is 0 Å². The Morgan fingerprint density at radius 2 is 2.00 bits per heavy atom. The molecule has 1 aliphatic rings. The average molecular weight is 445 g/mol. The largest absolute Gasteiger partial charge is 0.376 e. The number of benzene rings is 2. The molecule has 0 bridgehead atoms. The first-order valence-corrected chi connectivity index (χ1v) is 10.3. The second-order valence-electron chi connectivity index (χ2n) is 7.13. The minimum absolute atomic E-state index is 0.0153. The van der Waals surface area contributed by atoms with Crippen molar-refractivity contribution in [2.45, 2.75) is 32.8 Å². The van der Waals surface area contributed by atoms with Gasteiger partial charge in [-0.05, 0) is 62.1 Å². The number of amides is 2. The summed E-state index contributed by atoms with van der Waals surface area (Å²) in [6, 6.07) is 13.0. The number of carbonyl (C=O) groups excluding carboxylic acids is 2. The predicted octanol–water partition coefficient (Wildman–Crippen LogP) is 4.33. The second kappa shape index (κ2) is 9.34. The fourth-order valence-electron chi connectivity index (χ4n) is 3.31. The van der Waals surface area contributed by atoms with Crippen LogP contribution in [0.3, 0.4) is 0 Å². The van der Waals surface area contributed by atoms with Crippen LogP contribution in [0.1, 0.15) is 34.3 Å². The number of aryl methyl sites for hydroxylation is 1. The highest BCUT2D eigenvalue weighted by Gasteiger charge is 2.25. The van der Waals surface area contributed by atoms with Gasteiger partial charge in [-0.25, -0.2) is 0 Å².